The molecule has 4 N–H and O–H groups in total. The molecule has 0 radical (unpaired) electrons. The van der Waals surface area contributed by atoms with Gasteiger partial charge in [0.15, 0.2) is 0 Å². The first-order chi connectivity index (χ1) is 10.8. The summed E-state index contributed by atoms with van der Waals surface area (Å²) in [6, 6.07) is 1.69. The highest BCUT2D eigenvalue weighted by Crippen LogP contribution is 2.27. The lowest BCUT2D eigenvalue weighted by Crippen LogP contribution is -2.33. The standard InChI is InChI=1S/C13H20N6O3S/c14-13-16-10(18-4-2-1-3-5-18)7-11(17-13)19-8-9(6-12(19)20)23(15,21)22/h7,9H,1-6,8H2,(H2,14,16,17)(H2,15,21,22). The summed E-state index contributed by atoms with van der Waals surface area (Å²) in [4.78, 5) is 23.9. The minimum Gasteiger partial charge on any atom is -0.368 e. The van der Waals surface area contributed by atoms with Crippen LogP contribution in [0.5, 0.6) is 0 Å². The van der Waals surface area contributed by atoms with E-state index in [2.05, 4.69) is 14.9 Å². The van der Waals surface area contributed by atoms with Gasteiger partial charge in [-0.3, -0.25) is 9.69 Å². The second-order valence-electron chi connectivity index (χ2n) is 5.91. The maximum absolute atomic E-state index is 12.1. The molecule has 0 bridgehead atoms. The van der Waals surface area contributed by atoms with Gasteiger partial charge in [-0.05, 0) is 19.3 Å². The number of anilines is 3. The van der Waals surface area contributed by atoms with E-state index in [1.54, 1.807) is 6.07 Å². The Labute approximate surface area is 134 Å². The number of carbonyl (C=O) groups is 1. The van der Waals surface area contributed by atoms with Crippen molar-refractivity contribution in [3.05, 3.63) is 6.07 Å². The number of hydrogen-bond donors (Lipinski definition) is 2. The lowest BCUT2D eigenvalue weighted by atomic mass is 10.1. The first-order valence-electron chi connectivity index (χ1n) is 7.56. The van der Waals surface area contributed by atoms with Crippen molar-refractivity contribution in [3.63, 3.8) is 0 Å². The van der Waals surface area contributed by atoms with Crippen molar-refractivity contribution in [1.82, 2.24) is 9.97 Å². The molecular weight excluding hydrogens is 320 g/mol. The maximum Gasteiger partial charge on any atom is 0.229 e. The summed E-state index contributed by atoms with van der Waals surface area (Å²) in [5.41, 5.74) is 5.77. The molecule has 0 spiro atoms. The number of rotatable bonds is 3. The van der Waals surface area contributed by atoms with Gasteiger partial charge in [-0.25, -0.2) is 13.6 Å². The molecule has 3 heterocycles. The van der Waals surface area contributed by atoms with Crippen molar-refractivity contribution < 1.29 is 13.2 Å². The van der Waals surface area contributed by atoms with E-state index in [-0.39, 0.29) is 24.8 Å². The van der Waals surface area contributed by atoms with Gasteiger partial charge in [-0.1, -0.05) is 0 Å². The Morgan fingerprint density at radius 3 is 2.39 bits per heavy atom. The van der Waals surface area contributed by atoms with Gasteiger partial charge in [0.05, 0.1) is 0 Å². The van der Waals surface area contributed by atoms with E-state index in [4.69, 9.17) is 10.9 Å². The third-order valence-corrected chi connectivity index (χ3v) is 5.47. The Bertz CT molecular complexity index is 716. The topological polar surface area (TPSA) is 136 Å². The van der Waals surface area contributed by atoms with Crippen molar-refractivity contribution >= 4 is 33.5 Å². The second kappa shape index (κ2) is 5.93. The van der Waals surface area contributed by atoms with Gasteiger partial charge in [0.1, 0.15) is 16.9 Å². The number of nitrogens with two attached hydrogens (primary N) is 2. The summed E-state index contributed by atoms with van der Waals surface area (Å²) in [5.74, 6) is 0.731. The number of nitrogen functional groups attached to an aromatic ring is 1. The minimum atomic E-state index is -3.76. The van der Waals surface area contributed by atoms with Crippen LogP contribution in [0.2, 0.25) is 0 Å². The molecule has 9 nitrogen and oxygen atoms in total. The molecule has 10 heteroatoms. The molecule has 0 saturated carbocycles. The molecule has 1 atom stereocenters. The zero-order valence-corrected chi connectivity index (χ0v) is 13.5. The summed E-state index contributed by atoms with van der Waals surface area (Å²) in [6.45, 7) is 1.75. The van der Waals surface area contributed by atoms with Gasteiger partial charge in [0.25, 0.3) is 0 Å². The summed E-state index contributed by atoms with van der Waals surface area (Å²) in [7, 11) is -3.76. The Kier molecular flexibility index (Phi) is 4.11. The Morgan fingerprint density at radius 1 is 1.13 bits per heavy atom. The molecule has 2 fully saturated rings. The van der Waals surface area contributed by atoms with Gasteiger partial charge in [0.2, 0.25) is 21.9 Å². The number of amides is 1. The SMILES string of the molecule is Nc1nc(N2CCCCC2)cc(N2CC(S(N)(=O)=O)CC2=O)n1. The van der Waals surface area contributed by atoms with E-state index in [0.717, 1.165) is 25.9 Å². The van der Waals surface area contributed by atoms with Gasteiger partial charge in [-0.15, -0.1) is 0 Å². The summed E-state index contributed by atoms with van der Waals surface area (Å²) < 4.78 is 22.9. The number of piperidine rings is 1. The van der Waals surface area contributed by atoms with Gasteiger partial charge < -0.3 is 10.6 Å². The Balaban J connectivity index is 1.88. The molecule has 23 heavy (non-hydrogen) atoms. The number of sulfonamides is 1. The van der Waals surface area contributed by atoms with Crippen molar-refractivity contribution in [2.75, 3.05) is 35.2 Å². The first kappa shape index (κ1) is 15.9. The fourth-order valence-electron chi connectivity index (χ4n) is 2.98. The molecule has 1 unspecified atom stereocenters. The quantitative estimate of drug-likeness (QED) is 0.753. The van der Waals surface area contributed by atoms with Crippen LogP contribution in [0.15, 0.2) is 6.07 Å². The summed E-state index contributed by atoms with van der Waals surface area (Å²) >= 11 is 0. The maximum atomic E-state index is 12.1. The molecule has 2 saturated heterocycles. The second-order valence-corrected chi connectivity index (χ2v) is 7.75. The van der Waals surface area contributed by atoms with Crippen LogP contribution >= 0.6 is 0 Å². The van der Waals surface area contributed by atoms with Crippen molar-refractivity contribution in [2.24, 2.45) is 5.14 Å². The summed E-state index contributed by atoms with van der Waals surface area (Å²) in [5, 5.41) is 4.24. The highest BCUT2D eigenvalue weighted by molar-refractivity contribution is 7.89. The molecule has 1 aromatic rings. The van der Waals surface area contributed by atoms with Crippen molar-refractivity contribution in [1.29, 1.82) is 0 Å². The molecule has 0 aliphatic carbocycles. The van der Waals surface area contributed by atoms with Gasteiger partial charge >= 0.3 is 0 Å². The van der Waals surface area contributed by atoms with Crippen LogP contribution in [-0.4, -0.2) is 49.2 Å². The molecule has 3 rings (SSSR count). The lowest BCUT2D eigenvalue weighted by Gasteiger charge is -2.28. The largest absolute Gasteiger partial charge is 0.368 e. The third-order valence-electron chi connectivity index (χ3n) is 4.23. The fraction of sp³-hybridized carbons (Fsp3) is 0.615. The molecule has 1 aromatic heterocycles. The number of primary sulfonamides is 1. The van der Waals surface area contributed by atoms with Crippen LogP contribution in [-0.2, 0) is 14.8 Å². The van der Waals surface area contributed by atoms with Crippen LogP contribution in [0, 0.1) is 0 Å². The monoisotopic (exact) mass is 340 g/mol. The highest BCUT2D eigenvalue weighted by Gasteiger charge is 2.38. The Hall–Kier alpha value is -1.94. The minimum absolute atomic E-state index is 0.00639. The lowest BCUT2D eigenvalue weighted by molar-refractivity contribution is -0.117. The molecule has 0 aromatic carbocycles. The number of hydrogen-bond acceptors (Lipinski definition) is 7. The molecule has 2 aliphatic rings. The molecule has 2 aliphatic heterocycles. The molecular formula is C13H20N6O3S. The normalized spacial score (nSPS) is 22.7. The third kappa shape index (κ3) is 3.37. The van der Waals surface area contributed by atoms with Crippen LogP contribution in [0.4, 0.5) is 17.6 Å². The van der Waals surface area contributed by atoms with E-state index in [1.165, 1.54) is 11.3 Å². The van der Waals surface area contributed by atoms with Crippen LogP contribution in [0.1, 0.15) is 25.7 Å². The highest BCUT2D eigenvalue weighted by atomic mass is 32.2. The van der Waals surface area contributed by atoms with Crippen LogP contribution in [0.25, 0.3) is 0 Å². The predicted molar refractivity (Wildman–Crippen MR) is 86.4 cm³/mol. The van der Waals surface area contributed by atoms with E-state index >= 15 is 0 Å². The van der Waals surface area contributed by atoms with E-state index in [0.29, 0.717) is 11.6 Å². The van der Waals surface area contributed by atoms with Gasteiger partial charge in [-0.2, -0.15) is 9.97 Å². The molecule has 1 amide bonds. The van der Waals surface area contributed by atoms with Crippen LogP contribution < -0.4 is 20.7 Å². The number of carbonyl (C=O) groups excluding carboxylic acids is 1. The summed E-state index contributed by atoms with van der Waals surface area (Å²) in [6.07, 6.45) is 3.21. The fourth-order valence-corrected chi connectivity index (χ4v) is 3.71. The molecule has 126 valence electrons. The first-order valence-corrected chi connectivity index (χ1v) is 9.17. The zero-order chi connectivity index (χ0) is 16.6. The Morgan fingerprint density at radius 2 is 1.78 bits per heavy atom. The average molecular weight is 340 g/mol. The van der Waals surface area contributed by atoms with Gasteiger partial charge in [0, 0.05) is 32.1 Å². The van der Waals surface area contributed by atoms with Crippen LogP contribution in [0.3, 0.4) is 0 Å². The number of nitrogens with zero attached hydrogens (tertiary/aromatic N) is 4. The zero-order valence-electron chi connectivity index (χ0n) is 12.7. The van der Waals surface area contributed by atoms with E-state index < -0.39 is 15.3 Å². The predicted octanol–water partition coefficient (Wildman–Crippen LogP) is -0.557. The van der Waals surface area contributed by atoms with E-state index in [9.17, 15) is 13.2 Å². The smallest absolute Gasteiger partial charge is 0.229 e. The van der Waals surface area contributed by atoms with Crippen molar-refractivity contribution in [2.45, 2.75) is 30.9 Å². The number of aromatic nitrogens is 2. The average Bonchev–Trinajstić information content (AvgIpc) is 2.90. The van der Waals surface area contributed by atoms with Crippen molar-refractivity contribution in [3.8, 4) is 0 Å². The van der Waals surface area contributed by atoms with E-state index in [1.807, 2.05) is 0 Å².